The summed E-state index contributed by atoms with van der Waals surface area (Å²) in [6.45, 7) is 8.14. The van der Waals surface area contributed by atoms with E-state index in [4.69, 9.17) is 4.74 Å². The first-order chi connectivity index (χ1) is 8.10. The van der Waals surface area contributed by atoms with Gasteiger partial charge in [0.15, 0.2) is 0 Å². The van der Waals surface area contributed by atoms with Gasteiger partial charge in [-0.15, -0.1) is 0 Å². The van der Waals surface area contributed by atoms with Crippen LogP contribution in [0.15, 0.2) is 24.3 Å². The zero-order valence-corrected chi connectivity index (χ0v) is 10.8. The molecule has 0 amide bonds. The van der Waals surface area contributed by atoms with Crippen LogP contribution in [-0.2, 0) is 10.2 Å². The van der Waals surface area contributed by atoms with Gasteiger partial charge in [-0.3, -0.25) is 0 Å². The van der Waals surface area contributed by atoms with Gasteiger partial charge in [-0.1, -0.05) is 26.0 Å². The monoisotopic (exact) mass is 235 g/mol. The quantitative estimate of drug-likeness (QED) is 0.581. The number of nitrogens with one attached hydrogen (secondary N) is 1. The zero-order valence-electron chi connectivity index (χ0n) is 10.8. The van der Waals surface area contributed by atoms with Crippen molar-refractivity contribution in [3.8, 4) is 5.75 Å². The summed E-state index contributed by atoms with van der Waals surface area (Å²) in [4.78, 5) is 10.3. The van der Waals surface area contributed by atoms with Crippen molar-refractivity contribution < 1.29 is 9.53 Å². The van der Waals surface area contributed by atoms with E-state index in [-0.39, 0.29) is 5.41 Å². The summed E-state index contributed by atoms with van der Waals surface area (Å²) in [6.07, 6.45) is 0.883. The number of aldehydes is 1. The first-order valence-corrected chi connectivity index (χ1v) is 5.98. The number of benzene rings is 1. The van der Waals surface area contributed by atoms with Crippen molar-refractivity contribution in [2.45, 2.75) is 26.2 Å². The van der Waals surface area contributed by atoms with E-state index in [1.54, 1.807) is 0 Å². The van der Waals surface area contributed by atoms with Gasteiger partial charge < -0.3 is 14.8 Å². The molecule has 0 aromatic heterocycles. The molecule has 0 atom stereocenters. The minimum atomic E-state index is 0.00769. The largest absolute Gasteiger partial charge is 0.494 e. The lowest BCUT2D eigenvalue weighted by Crippen LogP contribution is -2.33. The molecule has 1 aromatic carbocycles. The van der Waals surface area contributed by atoms with Crippen LogP contribution in [0.3, 0.4) is 0 Å². The maximum absolute atomic E-state index is 10.3. The maximum Gasteiger partial charge on any atom is 0.133 e. The third-order valence-electron chi connectivity index (χ3n) is 2.74. The van der Waals surface area contributed by atoms with Crippen LogP contribution < -0.4 is 10.1 Å². The fourth-order valence-corrected chi connectivity index (χ4v) is 1.71. The molecule has 3 heteroatoms. The first kappa shape index (κ1) is 13.7. The van der Waals surface area contributed by atoms with E-state index in [0.29, 0.717) is 13.2 Å². The van der Waals surface area contributed by atoms with Crippen molar-refractivity contribution in [3.63, 3.8) is 0 Å². The lowest BCUT2D eigenvalue weighted by molar-refractivity contribution is -0.107. The van der Waals surface area contributed by atoms with E-state index < -0.39 is 0 Å². The van der Waals surface area contributed by atoms with E-state index in [9.17, 15) is 4.79 Å². The second-order valence-corrected chi connectivity index (χ2v) is 4.64. The van der Waals surface area contributed by atoms with Crippen LogP contribution in [0.4, 0.5) is 0 Å². The number of carbonyl (C=O) groups excluding carboxylic acids is 1. The van der Waals surface area contributed by atoms with E-state index in [1.807, 2.05) is 19.1 Å². The molecule has 0 saturated carbocycles. The highest BCUT2D eigenvalue weighted by Crippen LogP contribution is 2.24. The zero-order chi connectivity index (χ0) is 12.7. The Kier molecular flexibility index (Phi) is 5.16. The maximum atomic E-state index is 10.3. The van der Waals surface area contributed by atoms with Crippen LogP contribution in [-0.4, -0.2) is 26.0 Å². The molecule has 3 nitrogen and oxygen atoms in total. The molecule has 0 unspecified atom stereocenters. The Balaban J connectivity index is 2.66. The molecule has 1 aromatic rings. The molecule has 94 valence electrons. The predicted octanol–water partition coefficient (Wildman–Crippen LogP) is 2.15. The third-order valence-corrected chi connectivity index (χ3v) is 2.74. The van der Waals surface area contributed by atoms with Crippen molar-refractivity contribution in [2.24, 2.45) is 0 Å². The number of carbonyl (C=O) groups is 1. The van der Waals surface area contributed by atoms with Crippen LogP contribution in [0.2, 0.25) is 0 Å². The molecule has 0 heterocycles. The van der Waals surface area contributed by atoms with Gasteiger partial charge in [0, 0.05) is 12.0 Å². The van der Waals surface area contributed by atoms with Gasteiger partial charge >= 0.3 is 0 Å². The molecule has 0 aliphatic carbocycles. The van der Waals surface area contributed by atoms with Gasteiger partial charge in [0.1, 0.15) is 12.0 Å². The minimum absolute atomic E-state index is 0.00769. The second kappa shape index (κ2) is 6.40. The van der Waals surface area contributed by atoms with E-state index in [2.05, 4.69) is 31.3 Å². The highest BCUT2D eigenvalue weighted by molar-refractivity contribution is 5.51. The van der Waals surface area contributed by atoms with Gasteiger partial charge in [0.2, 0.25) is 0 Å². The minimum Gasteiger partial charge on any atom is -0.494 e. The van der Waals surface area contributed by atoms with E-state index in [0.717, 1.165) is 18.6 Å². The van der Waals surface area contributed by atoms with Gasteiger partial charge in [-0.2, -0.15) is 0 Å². The van der Waals surface area contributed by atoms with E-state index >= 15 is 0 Å². The highest BCUT2D eigenvalue weighted by atomic mass is 16.5. The number of hydrogen-bond donors (Lipinski definition) is 1. The average Bonchev–Trinajstić information content (AvgIpc) is 2.30. The van der Waals surface area contributed by atoms with Gasteiger partial charge in [0.05, 0.1) is 13.2 Å². The lowest BCUT2D eigenvalue weighted by Gasteiger charge is -2.25. The molecule has 1 N–H and O–H groups in total. The van der Waals surface area contributed by atoms with Crippen LogP contribution in [0.5, 0.6) is 5.75 Å². The lowest BCUT2D eigenvalue weighted by atomic mass is 9.84. The molecule has 0 radical (unpaired) electrons. The summed E-state index contributed by atoms with van der Waals surface area (Å²) < 4.78 is 5.41. The highest BCUT2D eigenvalue weighted by Gasteiger charge is 2.19. The normalized spacial score (nSPS) is 11.2. The second-order valence-electron chi connectivity index (χ2n) is 4.64. The van der Waals surface area contributed by atoms with Crippen LogP contribution in [0, 0.1) is 0 Å². The number of hydrogen-bond acceptors (Lipinski definition) is 3. The average molecular weight is 235 g/mol. The standard InChI is InChI=1S/C14H21NO2/c1-4-17-13-7-5-12(6-8-13)14(2,3)11-15-9-10-16/h5-8,10,15H,4,9,11H2,1-3H3. The molecule has 17 heavy (non-hydrogen) atoms. The molecular formula is C14H21NO2. The fraction of sp³-hybridized carbons (Fsp3) is 0.500. The molecule has 0 fully saturated rings. The Morgan fingerprint density at radius 3 is 2.47 bits per heavy atom. The Labute approximate surface area is 103 Å². The van der Waals surface area contributed by atoms with Crippen molar-refractivity contribution >= 4 is 6.29 Å². The number of rotatable bonds is 7. The first-order valence-electron chi connectivity index (χ1n) is 5.98. The molecule has 0 saturated heterocycles. The summed E-state index contributed by atoms with van der Waals surface area (Å²) in [5.74, 6) is 0.896. The smallest absolute Gasteiger partial charge is 0.133 e. The van der Waals surface area contributed by atoms with Crippen LogP contribution in [0.25, 0.3) is 0 Å². The Bertz CT molecular complexity index is 344. The SMILES string of the molecule is CCOc1ccc(C(C)(C)CNCC=O)cc1. The van der Waals surface area contributed by atoms with Crippen molar-refractivity contribution in [1.29, 1.82) is 0 Å². The van der Waals surface area contributed by atoms with Crippen molar-refractivity contribution in [2.75, 3.05) is 19.7 Å². The topological polar surface area (TPSA) is 38.3 Å². The molecule has 1 rings (SSSR count). The number of ether oxygens (including phenoxy) is 1. The predicted molar refractivity (Wildman–Crippen MR) is 69.6 cm³/mol. The fourth-order valence-electron chi connectivity index (χ4n) is 1.71. The summed E-state index contributed by atoms with van der Waals surface area (Å²) in [7, 11) is 0. The molecule has 0 aliphatic rings. The van der Waals surface area contributed by atoms with Crippen LogP contribution in [0.1, 0.15) is 26.3 Å². The molecule has 0 aliphatic heterocycles. The van der Waals surface area contributed by atoms with Gasteiger partial charge in [0.25, 0.3) is 0 Å². The van der Waals surface area contributed by atoms with Crippen molar-refractivity contribution in [1.82, 2.24) is 5.32 Å². The van der Waals surface area contributed by atoms with Gasteiger partial charge in [-0.25, -0.2) is 0 Å². The summed E-state index contributed by atoms with van der Waals surface area (Å²) >= 11 is 0. The molecule has 0 bridgehead atoms. The summed E-state index contributed by atoms with van der Waals surface area (Å²) in [5, 5.41) is 3.11. The Morgan fingerprint density at radius 1 is 1.29 bits per heavy atom. The van der Waals surface area contributed by atoms with E-state index in [1.165, 1.54) is 5.56 Å². The van der Waals surface area contributed by atoms with Crippen molar-refractivity contribution in [3.05, 3.63) is 29.8 Å². The molecular weight excluding hydrogens is 214 g/mol. The van der Waals surface area contributed by atoms with Crippen LogP contribution >= 0.6 is 0 Å². The van der Waals surface area contributed by atoms with Gasteiger partial charge in [-0.05, 0) is 24.6 Å². The Morgan fingerprint density at radius 2 is 1.94 bits per heavy atom. The Hall–Kier alpha value is -1.35. The summed E-state index contributed by atoms with van der Waals surface area (Å²) in [6, 6.07) is 8.13. The third kappa shape index (κ3) is 4.19. The molecule has 0 spiro atoms. The summed E-state index contributed by atoms with van der Waals surface area (Å²) in [5.41, 5.74) is 1.24.